The van der Waals surface area contributed by atoms with E-state index in [-0.39, 0.29) is 24.0 Å². The molecular formula is C20H21F21N2O4S. The number of quaternary nitrogens is 1. The van der Waals surface area contributed by atoms with Crippen LogP contribution in [0.2, 0.25) is 0 Å². The van der Waals surface area contributed by atoms with Crippen molar-refractivity contribution in [3.05, 3.63) is 0 Å². The monoisotopic (exact) mass is 784 g/mol. The van der Waals surface area contributed by atoms with Crippen LogP contribution in [0.3, 0.4) is 0 Å². The maximum atomic E-state index is 14.0. The van der Waals surface area contributed by atoms with Crippen LogP contribution in [0.1, 0.15) is 19.3 Å². The number of carboxylic acids is 1. The minimum atomic E-state index is -9.29. The molecule has 0 aromatic rings. The Bertz CT molecular complexity index is 1250. The molecule has 0 saturated carbocycles. The van der Waals surface area contributed by atoms with Crippen molar-refractivity contribution in [3.8, 4) is 0 Å². The van der Waals surface area contributed by atoms with E-state index in [1.165, 1.54) is 18.8 Å². The molecule has 0 amide bonds. The summed E-state index contributed by atoms with van der Waals surface area (Å²) in [5.74, 6) is -82.4. The summed E-state index contributed by atoms with van der Waals surface area (Å²) in [5.41, 5.74) is 0. The Kier molecular flexibility index (Phi) is 12.6. The number of nitrogens with one attached hydrogen (secondary N) is 1. The molecule has 288 valence electrons. The number of aliphatic carboxylic acids is 1. The van der Waals surface area contributed by atoms with Crippen molar-refractivity contribution in [1.29, 1.82) is 0 Å². The third-order valence-corrected chi connectivity index (χ3v) is 7.83. The SMILES string of the molecule is C[N+](C)(CCCNS(=O)(=O)CCC(F)(F)C(F)(F)C(F)(F)C(F)(F)C(F)(F)C(F)(F)C(F)(F)C(F)(F)C(F)(F)C(F)(F)F)CCC(=O)[O-]. The Morgan fingerprint density at radius 1 is 0.583 bits per heavy atom. The molecule has 0 saturated heterocycles. The van der Waals surface area contributed by atoms with Gasteiger partial charge in [-0.05, 0) is 0 Å². The van der Waals surface area contributed by atoms with Crippen molar-refractivity contribution in [1.82, 2.24) is 4.72 Å². The van der Waals surface area contributed by atoms with Crippen LogP contribution in [0, 0.1) is 0 Å². The van der Waals surface area contributed by atoms with Crippen LogP contribution < -0.4 is 9.83 Å². The van der Waals surface area contributed by atoms with Crippen molar-refractivity contribution >= 4 is 16.0 Å². The summed E-state index contributed by atoms with van der Waals surface area (Å²) >= 11 is 0. The highest BCUT2D eigenvalue weighted by Crippen LogP contribution is 2.66. The molecule has 0 aromatic carbocycles. The first-order valence-electron chi connectivity index (χ1n) is 12.0. The second kappa shape index (κ2) is 13.2. The number of hydrogen-bond acceptors (Lipinski definition) is 4. The number of carbonyl (C=O) groups is 1. The fraction of sp³-hybridized carbons (Fsp3) is 0.950. The first-order valence-corrected chi connectivity index (χ1v) is 13.7. The molecule has 1 N–H and O–H groups in total. The van der Waals surface area contributed by atoms with Gasteiger partial charge in [0.15, 0.2) is 0 Å². The van der Waals surface area contributed by atoms with Crippen molar-refractivity contribution in [2.75, 3.05) is 39.5 Å². The minimum absolute atomic E-state index is 0.0942. The lowest BCUT2D eigenvalue weighted by molar-refractivity contribution is -0.890. The summed E-state index contributed by atoms with van der Waals surface area (Å²) < 4.78 is 307. The second-order valence-corrected chi connectivity index (χ2v) is 12.5. The maximum absolute atomic E-state index is 14.0. The molecule has 48 heavy (non-hydrogen) atoms. The zero-order valence-corrected chi connectivity index (χ0v) is 24.2. The standard InChI is InChI=1S/C20H21F21N2O4S/c1-43(2,8-4-10(44)45)7-3-6-42-48(46,47)9-5-11(21,22)12(23,24)13(25,26)14(27,28)15(29,30)16(31,32)17(33,34)18(35,36)19(37,38)20(39,40)41/h42H,3-9H2,1-2H3. The molecule has 0 aromatic heterocycles. The highest BCUT2D eigenvalue weighted by atomic mass is 32.2. The predicted molar refractivity (Wildman–Crippen MR) is 113 cm³/mol. The molecule has 0 radical (unpaired) electrons. The van der Waals surface area contributed by atoms with Gasteiger partial charge in [-0.1, -0.05) is 0 Å². The van der Waals surface area contributed by atoms with Gasteiger partial charge in [-0.15, -0.1) is 0 Å². The number of nitrogens with zero attached hydrogens (tertiary/aromatic N) is 1. The topological polar surface area (TPSA) is 86.3 Å². The summed E-state index contributed by atoms with van der Waals surface area (Å²) in [4.78, 5) is 10.5. The average molecular weight is 784 g/mol. The van der Waals surface area contributed by atoms with Gasteiger partial charge in [-0.25, -0.2) is 13.1 Å². The Morgan fingerprint density at radius 2 is 0.917 bits per heavy atom. The Hall–Kier alpha value is -2.13. The molecule has 0 unspecified atom stereocenters. The van der Waals surface area contributed by atoms with Gasteiger partial charge in [0.2, 0.25) is 10.0 Å². The molecule has 0 spiro atoms. The molecule has 0 atom stereocenters. The molecule has 0 bridgehead atoms. The van der Waals surface area contributed by atoms with Gasteiger partial charge in [-0.3, -0.25) is 0 Å². The molecule has 0 aliphatic carbocycles. The quantitative estimate of drug-likeness (QED) is 0.111. The number of halogens is 21. The lowest BCUT2D eigenvalue weighted by Gasteiger charge is -2.44. The van der Waals surface area contributed by atoms with E-state index in [0.717, 1.165) is 0 Å². The van der Waals surface area contributed by atoms with Crippen LogP contribution in [0.4, 0.5) is 92.2 Å². The first-order chi connectivity index (χ1) is 20.6. The molecular weight excluding hydrogens is 763 g/mol. The maximum Gasteiger partial charge on any atom is 0.460 e. The molecule has 0 aliphatic rings. The third-order valence-electron chi connectivity index (χ3n) is 6.44. The van der Waals surface area contributed by atoms with E-state index in [1.807, 2.05) is 0 Å². The van der Waals surface area contributed by atoms with E-state index in [1.54, 1.807) is 0 Å². The van der Waals surface area contributed by atoms with Crippen LogP contribution >= 0.6 is 0 Å². The number of rotatable bonds is 19. The lowest BCUT2D eigenvalue weighted by Crippen LogP contribution is -2.76. The van der Waals surface area contributed by atoms with Crippen LogP contribution in [-0.4, -0.2) is 118 Å². The third kappa shape index (κ3) is 7.92. The van der Waals surface area contributed by atoms with Crippen LogP contribution in [-0.2, 0) is 14.8 Å². The largest absolute Gasteiger partial charge is 0.550 e. The van der Waals surface area contributed by atoms with E-state index in [9.17, 15) is 111 Å². The Morgan fingerprint density at radius 3 is 1.25 bits per heavy atom. The zero-order chi connectivity index (χ0) is 39.2. The highest BCUT2D eigenvalue weighted by molar-refractivity contribution is 7.89. The van der Waals surface area contributed by atoms with E-state index < -0.39 is 101 Å². The predicted octanol–water partition coefficient (Wildman–Crippen LogP) is 5.18. The number of carboxylic acid groups (broad SMARTS) is 1. The van der Waals surface area contributed by atoms with Crippen LogP contribution in [0.25, 0.3) is 0 Å². The van der Waals surface area contributed by atoms with Crippen molar-refractivity contribution in [2.24, 2.45) is 0 Å². The van der Waals surface area contributed by atoms with E-state index >= 15 is 0 Å². The number of sulfonamides is 1. The van der Waals surface area contributed by atoms with E-state index in [2.05, 4.69) is 0 Å². The molecule has 6 nitrogen and oxygen atoms in total. The van der Waals surface area contributed by atoms with Gasteiger partial charge in [0.1, 0.15) is 0 Å². The molecule has 0 fully saturated rings. The van der Waals surface area contributed by atoms with Gasteiger partial charge in [-0.2, -0.15) is 92.2 Å². The summed E-state index contributed by atoms with van der Waals surface area (Å²) in [7, 11) is -2.56. The molecule has 0 aliphatic heterocycles. The minimum Gasteiger partial charge on any atom is -0.550 e. The van der Waals surface area contributed by atoms with Gasteiger partial charge in [0, 0.05) is 31.8 Å². The van der Waals surface area contributed by atoms with Gasteiger partial charge >= 0.3 is 59.5 Å². The zero-order valence-electron chi connectivity index (χ0n) is 23.4. The smallest absolute Gasteiger partial charge is 0.460 e. The van der Waals surface area contributed by atoms with Crippen LogP contribution in [0.15, 0.2) is 0 Å². The van der Waals surface area contributed by atoms with Crippen molar-refractivity contribution < 1.29 is 115 Å². The fourth-order valence-corrected chi connectivity index (χ4v) is 4.45. The molecule has 28 heteroatoms. The normalized spacial score (nSPS) is 16.0. The summed E-state index contributed by atoms with van der Waals surface area (Å²) in [5, 5.41) is 10.5. The van der Waals surface area contributed by atoms with E-state index in [0.29, 0.717) is 0 Å². The van der Waals surface area contributed by atoms with Crippen molar-refractivity contribution in [3.63, 3.8) is 0 Å². The number of alkyl halides is 21. The fourth-order valence-electron chi connectivity index (χ4n) is 3.32. The van der Waals surface area contributed by atoms with Crippen LogP contribution in [0.5, 0.6) is 0 Å². The van der Waals surface area contributed by atoms with Gasteiger partial charge in [0.05, 0.1) is 32.9 Å². The first kappa shape index (κ1) is 45.9. The lowest BCUT2D eigenvalue weighted by atomic mass is 9.86. The summed E-state index contributed by atoms with van der Waals surface area (Å²) in [6.45, 7) is -0.998. The molecule has 0 heterocycles. The second-order valence-electron chi connectivity index (χ2n) is 10.6. The highest BCUT2D eigenvalue weighted by Gasteiger charge is 2.97. The van der Waals surface area contributed by atoms with E-state index in [4.69, 9.17) is 0 Å². The summed E-state index contributed by atoms with van der Waals surface area (Å²) in [6.07, 6.45) is -12.1. The Labute approximate surface area is 254 Å². The molecule has 0 rings (SSSR count). The van der Waals surface area contributed by atoms with Gasteiger partial charge in [0.25, 0.3) is 0 Å². The Balaban J connectivity index is 6.30. The van der Waals surface area contributed by atoms with Gasteiger partial charge < -0.3 is 14.4 Å². The summed E-state index contributed by atoms with van der Waals surface area (Å²) in [6, 6.07) is 0. The van der Waals surface area contributed by atoms with Crippen molar-refractivity contribution in [2.45, 2.75) is 78.7 Å². The number of hydrogen-bond donors (Lipinski definition) is 1. The average Bonchev–Trinajstić information content (AvgIpc) is 2.87. The number of carbonyl (C=O) groups excluding carboxylic acids is 1.